The van der Waals surface area contributed by atoms with Crippen molar-refractivity contribution < 1.29 is 18.0 Å². The molecule has 1 aliphatic heterocycles. The van der Waals surface area contributed by atoms with Crippen LogP contribution in [0.5, 0.6) is 0 Å². The summed E-state index contributed by atoms with van der Waals surface area (Å²) in [6, 6.07) is 5.26. The Morgan fingerprint density at radius 1 is 1.42 bits per heavy atom. The molecule has 1 aromatic carbocycles. The highest BCUT2D eigenvalue weighted by Gasteiger charge is 2.32. The van der Waals surface area contributed by atoms with Crippen LogP contribution in [0, 0.1) is 5.92 Å². The van der Waals surface area contributed by atoms with Crippen LogP contribution in [0.1, 0.15) is 50.2 Å². The molecule has 0 spiro atoms. The highest BCUT2D eigenvalue weighted by Crippen LogP contribution is 2.32. The molecule has 0 radical (unpaired) electrons. The second-order valence-electron chi connectivity index (χ2n) is 6.83. The zero-order chi connectivity index (χ0) is 17.9. The van der Waals surface area contributed by atoms with Crippen molar-refractivity contribution in [1.29, 1.82) is 0 Å². The number of amides is 1. The fraction of sp³-hybridized carbons (Fsp3) is 0.611. The van der Waals surface area contributed by atoms with Gasteiger partial charge in [0, 0.05) is 25.6 Å². The number of nitrogens with two attached hydrogens (primary N) is 1. The summed E-state index contributed by atoms with van der Waals surface area (Å²) in [6.07, 6.45) is -2.33. The highest BCUT2D eigenvalue weighted by molar-refractivity contribution is 5.77. The van der Waals surface area contributed by atoms with Gasteiger partial charge in [-0.25, -0.2) is 0 Å². The van der Waals surface area contributed by atoms with E-state index in [1.165, 1.54) is 6.07 Å². The number of benzene rings is 1. The van der Waals surface area contributed by atoms with E-state index < -0.39 is 11.7 Å². The first-order valence-corrected chi connectivity index (χ1v) is 8.39. The Bertz CT molecular complexity index is 574. The Morgan fingerprint density at radius 2 is 2.12 bits per heavy atom. The highest BCUT2D eigenvalue weighted by atomic mass is 19.4. The molecule has 1 heterocycles. The average molecular weight is 342 g/mol. The van der Waals surface area contributed by atoms with Crippen LogP contribution in [0.25, 0.3) is 0 Å². The minimum Gasteiger partial charge on any atom is -0.338 e. The van der Waals surface area contributed by atoms with Crippen LogP contribution in [-0.4, -0.2) is 29.9 Å². The number of hydrogen-bond donors (Lipinski definition) is 1. The quantitative estimate of drug-likeness (QED) is 0.905. The SMILES string of the molecule is CC1CCN(C(=O)CC(C)c2cccc(C(F)(F)F)c2)C(CN)C1. The molecule has 1 fully saturated rings. The van der Waals surface area contributed by atoms with Crippen molar-refractivity contribution in [2.24, 2.45) is 11.7 Å². The van der Waals surface area contributed by atoms with Crippen LogP contribution in [0.15, 0.2) is 24.3 Å². The summed E-state index contributed by atoms with van der Waals surface area (Å²) in [7, 11) is 0. The summed E-state index contributed by atoms with van der Waals surface area (Å²) in [4.78, 5) is 14.4. The molecule has 3 unspecified atom stereocenters. The number of hydrogen-bond acceptors (Lipinski definition) is 2. The molecular weight excluding hydrogens is 317 g/mol. The Kier molecular flexibility index (Phi) is 5.91. The zero-order valence-corrected chi connectivity index (χ0v) is 14.1. The predicted molar refractivity (Wildman–Crippen MR) is 87.4 cm³/mol. The Labute approximate surface area is 141 Å². The summed E-state index contributed by atoms with van der Waals surface area (Å²) in [6.45, 7) is 5.04. The number of piperidine rings is 1. The first kappa shape index (κ1) is 18.8. The molecule has 1 amide bonds. The van der Waals surface area contributed by atoms with Gasteiger partial charge in [-0.05, 0) is 36.3 Å². The normalized spacial score (nSPS) is 23.2. The van der Waals surface area contributed by atoms with Crippen LogP contribution in [0.4, 0.5) is 13.2 Å². The maximum atomic E-state index is 12.8. The lowest BCUT2D eigenvalue weighted by Crippen LogP contribution is -2.49. The monoisotopic (exact) mass is 342 g/mol. The van der Waals surface area contributed by atoms with Gasteiger partial charge >= 0.3 is 6.18 Å². The molecule has 134 valence electrons. The molecule has 0 aromatic heterocycles. The van der Waals surface area contributed by atoms with E-state index in [1.54, 1.807) is 13.0 Å². The molecule has 0 aliphatic carbocycles. The van der Waals surface area contributed by atoms with Crippen molar-refractivity contribution in [1.82, 2.24) is 4.90 Å². The standard InChI is InChI=1S/C18H25F3N2O/c1-12-6-7-23(16(8-12)11-22)17(24)9-13(2)14-4-3-5-15(10-14)18(19,20)21/h3-5,10,12-13,16H,6-9,11,22H2,1-2H3. The molecule has 2 rings (SSSR count). The van der Waals surface area contributed by atoms with Crippen LogP contribution in [0.3, 0.4) is 0 Å². The summed E-state index contributed by atoms with van der Waals surface area (Å²) in [5.74, 6) is 0.253. The van der Waals surface area contributed by atoms with Gasteiger partial charge in [-0.2, -0.15) is 13.2 Å². The smallest absolute Gasteiger partial charge is 0.338 e. The van der Waals surface area contributed by atoms with Crippen LogP contribution in [-0.2, 0) is 11.0 Å². The molecule has 1 aromatic rings. The maximum Gasteiger partial charge on any atom is 0.416 e. The molecule has 0 saturated carbocycles. The molecule has 1 saturated heterocycles. The third-order valence-electron chi connectivity index (χ3n) is 4.83. The van der Waals surface area contributed by atoms with E-state index in [2.05, 4.69) is 6.92 Å². The summed E-state index contributed by atoms with van der Waals surface area (Å²) in [5.41, 5.74) is 5.64. The number of halogens is 3. The van der Waals surface area contributed by atoms with Gasteiger partial charge in [0.1, 0.15) is 0 Å². The Morgan fingerprint density at radius 3 is 2.75 bits per heavy atom. The Hall–Kier alpha value is -1.56. The van der Waals surface area contributed by atoms with Crippen molar-refractivity contribution in [3.8, 4) is 0 Å². The van der Waals surface area contributed by atoms with E-state index in [0.717, 1.165) is 25.0 Å². The van der Waals surface area contributed by atoms with Crippen LogP contribution >= 0.6 is 0 Å². The number of carbonyl (C=O) groups excluding carboxylic acids is 1. The molecule has 6 heteroatoms. The largest absolute Gasteiger partial charge is 0.416 e. The second-order valence-corrected chi connectivity index (χ2v) is 6.83. The molecule has 0 bridgehead atoms. The molecule has 3 atom stereocenters. The van der Waals surface area contributed by atoms with E-state index in [4.69, 9.17) is 5.73 Å². The maximum absolute atomic E-state index is 12.8. The molecule has 3 nitrogen and oxygen atoms in total. The average Bonchev–Trinajstić information content (AvgIpc) is 2.53. The molecule has 2 N–H and O–H groups in total. The van der Waals surface area contributed by atoms with Crippen LogP contribution < -0.4 is 5.73 Å². The summed E-state index contributed by atoms with van der Waals surface area (Å²) >= 11 is 0. The van der Waals surface area contributed by atoms with Gasteiger partial charge in [-0.1, -0.05) is 32.0 Å². The molecule has 1 aliphatic rings. The minimum atomic E-state index is -4.37. The van der Waals surface area contributed by atoms with E-state index in [0.29, 0.717) is 24.6 Å². The zero-order valence-electron chi connectivity index (χ0n) is 14.1. The fourth-order valence-electron chi connectivity index (χ4n) is 3.32. The van der Waals surface area contributed by atoms with Crippen molar-refractivity contribution >= 4 is 5.91 Å². The second kappa shape index (κ2) is 7.55. The van der Waals surface area contributed by atoms with Gasteiger partial charge in [0.25, 0.3) is 0 Å². The topological polar surface area (TPSA) is 46.3 Å². The van der Waals surface area contributed by atoms with Crippen molar-refractivity contribution in [2.45, 2.75) is 51.2 Å². The van der Waals surface area contributed by atoms with Gasteiger partial charge in [0.2, 0.25) is 5.91 Å². The van der Waals surface area contributed by atoms with Gasteiger partial charge < -0.3 is 10.6 Å². The first-order valence-electron chi connectivity index (χ1n) is 8.39. The number of rotatable bonds is 4. The van der Waals surface area contributed by atoms with Gasteiger partial charge in [0.15, 0.2) is 0 Å². The number of nitrogens with zero attached hydrogens (tertiary/aromatic N) is 1. The van der Waals surface area contributed by atoms with Gasteiger partial charge in [0.05, 0.1) is 5.56 Å². The lowest BCUT2D eigenvalue weighted by Gasteiger charge is -2.38. The van der Waals surface area contributed by atoms with Gasteiger partial charge in [-0.15, -0.1) is 0 Å². The number of alkyl halides is 3. The van der Waals surface area contributed by atoms with Crippen molar-refractivity contribution in [3.63, 3.8) is 0 Å². The molecule has 24 heavy (non-hydrogen) atoms. The lowest BCUT2D eigenvalue weighted by atomic mass is 9.90. The third-order valence-corrected chi connectivity index (χ3v) is 4.83. The third kappa shape index (κ3) is 4.50. The first-order chi connectivity index (χ1) is 11.2. The predicted octanol–water partition coefficient (Wildman–Crippen LogP) is 3.78. The van der Waals surface area contributed by atoms with Crippen molar-refractivity contribution in [2.75, 3.05) is 13.1 Å². The summed E-state index contributed by atoms with van der Waals surface area (Å²) < 4.78 is 38.5. The lowest BCUT2D eigenvalue weighted by molar-refractivity contribution is -0.137. The van der Waals surface area contributed by atoms with Crippen LogP contribution in [0.2, 0.25) is 0 Å². The summed E-state index contributed by atoms with van der Waals surface area (Å²) in [5, 5.41) is 0. The van der Waals surface area contributed by atoms with E-state index in [-0.39, 0.29) is 24.3 Å². The van der Waals surface area contributed by atoms with Gasteiger partial charge in [-0.3, -0.25) is 4.79 Å². The fourth-order valence-corrected chi connectivity index (χ4v) is 3.32. The Balaban J connectivity index is 2.06. The number of carbonyl (C=O) groups is 1. The van der Waals surface area contributed by atoms with E-state index >= 15 is 0 Å². The molecular formula is C18H25F3N2O. The minimum absolute atomic E-state index is 0.0257. The van der Waals surface area contributed by atoms with E-state index in [1.807, 2.05) is 4.90 Å². The number of likely N-dealkylation sites (tertiary alicyclic amines) is 1. The van der Waals surface area contributed by atoms with Crippen molar-refractivity contribution in [3.05, 3.63) is 35.4 Å². The van der Waals surface area contributed by atoms with E-state index in [9.17, 15) is 18.0 Å².